The number of rotatable bonds is 6. The Labute approximate surface area is 126 Å². The van der Waals surface area contributed by atoms with Gasteiger partial charge in [-0.3, -0.25) is 9.78 Å². The number of ketones is 1. The van der Waals surface area contributed by atoms with E-state index in [9.17, 15) is 4.79 Å². The van der Waals surface area contributed by atoms with Gasteiger partial charge in [-0.1, -0.05) is 29.8 Å². The minimum absolute atomic E-state index is 0.197. The fourth-order valence-electron chi connectivity index (χ4n) is 2.30. The molecular formula is C18H22N2O. The first kappa shape index (κ1) is 15.4. The Morgan fingerprint density at radius 1 is 1.14 bits per heavy atom. The van der Waals surface area contributed by atoms with Crippen LogP contribution in [0.3, 0.4) is 0 Å². The van der Waals surface area contributed by atoms with Crippen molar-refractivity contribution in [3.05, 3.63) is 65.0 Å². The van der Waals surface area contributed by atoms with Crippen molar-refractivity contribution in [3.63, 3.8) is 0 Å². The lowest BCUT2D eigenvalue weighted by Gasteiger charge is -2.16. The van der Waals surface area contributed by atoms with E-state index in [2.05, 4.69) is 9.88 Å². The van der Waals surface area contributed by atoms with Crippen molar-refractivity contribution in [1.29, 1.82) is 0 Å². The summed E-state index contributed by atoms with van der Waals surface area (Å²) in [6.07, 6.45) is 0.534. The summed E-state index contributed by atoms with van der Waals surface area (Å²) in [5, 5.41) is 0. The molecule has 0 radical (unpaired) electrons. The van der Waals surface area contributed by atoms with E-state index in [1.807, 2.05) is 63.4 Å². The number of pyridine rings is 1. The maximum Gasteiger partial charge on any atom is 0.164 e. The van der Waals surface area contributed by atoms with E-state index in [4.69, 9.17) is 0 Å². The van der Waals surface area contributed by atoms with Gasteiger partial charge in [0.05, 0.1) is 5.69 Å². The normalized spacial score (nSPS) is 10.9. The summed E-state index contributed by atoms with van der Waals surface area (Å²) in [4.78, 5) is 18.8. The molecular weight excluding hydrogens is 260 g/mol. The van der Waals surface area contributed by atoms with E-state index in [-0.39, 0.29) is 5.78 Å². The van der Waals surface area contributed by atoms with E-state index in [1.54, 1.807) is 0 Å². The predicted molar refractivity (Wildman–Crippen MR) is 85.4 cm³/mol. The number of nitrogens with zero attached hydrogens (tertiary/aromatic N) is 2. The maximum atomic E-state index is 12.2. The van der Waals surface area contributed by atoms with Crippen molar-refractivity contribution in [2.75, 3.05) is 13.6 Å². The van der Waals surface area contributed by atoms with Crippen LogP contribution in [-0.4, -0.2) is 29.3 Å². The molecule has 0 spiro atoms. The zero-order chi connectivity index (χ0) is 15.2. The van der Waals surface area contributed by atoms with Gasteiger partial charge >= 0.3 is 0 Å². The van der Waals surface area contributed by atoms with Crippen molar-refractivity contribution in [1.82, 2.24) is 9.88 Å². The molecule has 0 fully saturated rings. The quantitative estimate of drug-likeness (QED) is 0.761. The average molecular weight is 282 g/mol. The highest BCUT2D eigenvalue weighted by atomic mass is 16.1. The monoisotopic (exact) mass is 282 g/mol. The second-order valence-corrected chi connectivity index (χ2v) is 5.55. The summed E-state index contributed by atoms with van der Waals surface area (Å²) < 4.78 is 0. The van der Waals surface area contributed by atoms with Crippen LogP contribution in [0.5, 0.6) is 0 Å². The summed E-state index contributed by atoms with van der Waals surface area (Å²) in [5.41, 5.74) is 3.99. The molecule has 0 aliphatic heterocycles. The minimum Gasteiger partial charge on any atom is -0.300 e. The number of aryl methyl sites for hydroxylation is 2. The third kappa shape index (κ3) is 4.80. The topological polar surface area (TPSA) is 33.2 Å². The second-order valence-electron chi connectivity index (χ2n) is 5.55. The highest BCUT2D eigenvalue weighted by Gasteiger charge is 2.08. The van der Waals surface area contributed by atoms with E-state index in [0.29, 0.717) is 6.42 Å². The van der Waals surface area contributed by atoms with Crippen LogP contribution in [0.25, 0.3) is 0 Å². The largest absolute Gasteiger partial charge is 0.300 e. The SMILES string of the molecule is Cc1cccc(C(=O)CCN(C)Cc2cccc(C)n2)c1. The Balaban J connectivity index is 1.86. The first-order chi connectivity index (χ1) is 10.0. The minimum atomic E-state index is 0.197. The van der Waals surface area contributed by atoms with Gasteiger partial charge in [-0.25, -0.2) is 0 Å². The number of benzene rings is 1. The molecule has 0 aliphatic carbocycles. The zero-order valence-corrected chi connectivity index (χ0v) is 13.0. The van der Waals surface area contributed by atoms with Crippen molar-refractivity contribution >= 4 is 5.78 Å². The van der Waals surface area contributed by atoms with Crippen LogP contribution in [0.1, 0.15) is 33.7 Å². The van der Waals surface area contributed by atoms with E-state index < -0.39 is 0 Å². The lowest BCUT2D eigenvalue weighted by molar-refractivity contribution is 0.0967. The molecule has 0 atom stereocenters. The van der Waals surface area contributed by atoms with Gasteiger partial charge in [0.2, 0.25) is 0 Å². The van der Waals surface area contributed by atoms with Crippen LogP contribution in [-0.2, 0) is 6.54 Å². The molecule has 0 aliphatic rings. The highest BCUT2D eigenvalue weighted by molar-refractivity contribution is 5.96. The Morgan fingerprint density at radius 2 is 1.90 bits per heavy atom. The maximum absolute atomic E-state index is 12.2. The second kappa shape index (κ2) is 7.14. The van der Waals surface area contributed by atoms with Crippen LogP contribution in [0.15, 0.2) is 42.5 Å². The van der Waals surface area contributed by atoms with Crippen molar-refractivity contribution in [2.24, 2.45) is 0 Å². The Kier molecular flexibility index (Phi) is 5.23. The molecule has 2 rings (SSSR count). The van der Waals surface area contributed by atoms with Gasteiger partial charge in [0.25, 0.3) is 0 Å². The summed E-state index contributed by atoms with van der Waals surface area (Å²) in [7, 11) is 2.02. The van der Waals surface area contributed by atoms with Crippen molar-refractivity contribution in [2.45, 2.75) is 26.8 Å². The smallest absolute Gasteiger partial charge is 0.164 e. The fourth-order valence-corrected chi connectivity index (χ4v) is 2.30. The number of carbonyl (C=O) groups is 1. The molecule has 0 amide bonds. The molecule has 21 heavy (non-hydrogen) atoms. The summed E-state index contributed by atoms with van der Waals surface area (Å²) in [6.45, 7) is 5.50. The molecule has 110 valence electrons. The van der Waals surface area contributed by atoms with E-state index >= 15 is 0 Å². The zero-order valence-electron chi connectivity index (χ0n) is 13.0. The van der Waals surface area contributed by atoms with Crippen LogP contribution < -0.4 is 0 Å². The standard InChI is InChI=1S/C18H22N2O/c1-14-6-4-8-16(12-14)18(21)10-11-20(3)13-17-9-5-7-15(2)19-17/h4-9,12H,10-11,13H2,1-3H3. The van der Waals surface area contributed by atoms with Gasteiger partial charge in [-0.2, -0.15) is 0 Å². The van der Waals surface area contributed by atoms with Crippen LogP contribution in [0.2, 0.25) is 0 Å². The number of hydrogen-bond donors (Lipinski definition) is 0. The molecule has 0 bridgehead atoms. The lowest BCUT2D eigenvalue weighted by atomic mass is 10.1. The third-order valence-corrected chi connectivity index (χ3v) is 3.44. The third-order valence-electron chi connectivity index (χ3n) is 3.44. The number of aromatic nitrogens is 1. The number of Topliss-reactive ketones (excluding diaryl/α,β-unsaturated/α-hetero) is 1. The fraction of sp³-hybridized carbons (Fsp3) is 0.333. The number of carbonyl (C=O) groups excluding carboxylic acids is 1. The molecule has 0 N–H and O–H groups in total. The molecule has 1 aromatic heterocycles. The molecule has 0 saturated carbocycles. The van der Waals surface area contributed by atoms with Crippen LogP contribution in [0.4, 0.5) is 0 Å². The molecule has 1 heterocycles. The van der Waals surface area contributed by atoms with Gasteiger partial charge in [0.15, 0.2) is 5.78 Å². The average Bonchev–Trinajstić information content (AvgIpc) is 2.45. The number of hydrogen-bond acceptors (Lipinski definition) is 3. The highest BCUT2D eigenvalue weighted by Crippen LogP contribution is 2.08. The van der Waals surface area contributed by atoms with Crippen LogP contribution >= 0.6 is 0 Å². The predicted octanol–water partition coefficient (Wildman–Crippen LogP) is 3.40. The molecule has 3 heteroatoms. The molecule has 0 saturated heterocycles. The van der Waals surface area contributed by atoms with Crippen LogP contribution in [0, 0.1) is 13.8 Å². The Bertz CT molecular complexity index is 622. The lowest BCUT2D eigenvalue weighted by Crippen LogP contribution is -2.22. The van der Waals surface area contributed by atoms with Gasteiger partial charge < -0.3 is 4.90 Å². The van der Waals surface area contributed by atoms with Gasteiger partial charge in [-0.15, -0.1) is 0 Å². The molecule has 0 unspecified atom stereocenters. The first-order valence-corrected chi connectivity index (χ1v) is 7.25. The molecule has 1 aromatic carbocycles. The Morgan fingerprint density at radius 3 is 2.62 bits per heavy atom. The van der Waals surface area contributed by atoms with E-state index in [0.717, 1.165) is 35.6 Å². The van der Waals surface area contributed by atoms with Crippen molar-refractivity contribution < 1.29 is 4.79 Å². The first-order valence-electron chi connectivity index (χ1n) is 7.25. The van der Waals surface area contributed by atoms with Gasteiger partial charge in [-0.05, 0) is 39.1 Å². The van der Waals surface area contributed by atoms with E-state index in [1.165, 1.54) is 0 Å². The van der Waals surface area contributed by atoms with Gasteiger partial charge in [0.1, 0.15) is 0 Å². The summed E-state index contributed by atoms with van der Waals surface area (Å²) >= 11 is 0. The molecule has 2 aromatic rings. The molecule has 3 nitrogen and oxygen atoms in total. The summed E-state index contributed by atoms with van der Waals surface area (Å²) in [6, 6.07) is 13.8. The Hall–Kier alpha value is -2.00. The van der Waals surface area contributed by atoms with Crippen molar-refractivity contribution in [3.8, 4) is 0 Å². The summed E-state index contributed by atoms with van der Waals surface area (Å²) in [5.74, 6) is 0.197. The van der Waals surface area contributed by atoms with Gasteiger partial charge in [0, 0.05) is 30.8 Å².